The first-order valence-corrected chi connectivity index (χ1v) is 6.65. The number of benzene rings is 1. The molecule has 0 radical (unpaired) electrons. The normalized spacial score (nSPS) is 18.6. The van der Waals surface area contributed by atoms with Gasteiger partial charge in [0.1, 0.15) is 0 Å². The maximum absolute atomic E-state index is 10.7. The highest BCUT2D eigenvalue weighted by Crippen LogP contribution is 2.40. The van der Waals surface area contributed by atoms with Crippen LogP contribution < -0.4 is 5.30 Å². The van der Waals surface area contributed by atoms with Gasteiger partial charge in [-0.1, -0.05) is 31.4 Å². The molecule has 1 aliphatic rings. The first-order valence-electron chi connectivity index (χ1n) is 5.84. The number of aliphatic imine (C=N–C) groups is 1. The van der Waals surface area contributed by atoms with Crippen molar-refractivity contribution >= 4 is 19.8 Å². The molecule has 0 bridgehead atoms. The third kappa shape index (κ3) is 2.52. The predicted octanol–water partition coefficient (Wildman–Crippen LogP) is 3.10. The Kier molecular flexibility index (Phi) is 3.83. The second-order valence-electron chi connectivity index (χ2n) is 4.43. The highest BCUT2D eigenvalue weighted by Gasteiger charge is 2.33. The van der Waals surface area contributed by atoms with Gasteiger partial charge in [-0.05, 0) is 30.5 Å². The summed E-state index contributed by atoms with van der Waals surface area (Å²) < 4.78 is 10.7. The van der Waals surface area contributed by atoms with E-state index in [1.54, 1.807) is 6.08 Å². The van der Waals surface area contributed by atoms with E-state index in [-0.39, 0.29) is 8.46 Å². The molecule has 1 fully saturated rings. The average molecular weight is 247 g/mol. The Hall–Kier alpha value is -1.30. The Morgan fingerprint density at radius 1 is 1.12 bits per heavy atom. The van der Waals surface area contributed by atoms with Gasteiger partial charge in [-0.15, -0.1) is 0 Å². The van der Waals surface area contributed by atoms with Crippen LogP contribution in [0.1, 0.15) is 37.7 Å². The van der Waals surface area contributed by atoms with E-state index in [1.165, 1.54) is 6.42 Å². The largest absolute Gasteiger partial charge is 0.269 e. The van der Waals surface area contributed by atoms with Gasteiger partial charge < -0.3 is 0 Å². The van der Waals surface area contributed by atoms with E-state index in [0.29, 0.717) is 0 Å². The molecule has 1 aromatic carbocycles. The second-order valence-corrected chi connectivity index (χ2v) is 5.13. The molecule has 3 nitrogen and oxygen atoms in total. The van der Waals surface area contributed by atoms with Crippen LogP contribution >= 0.6 is 8.46 Å². The van der Waals surface area contributed by atoms with Crippen molar-refractivity contribution in [1.29, 1.82) is 0 Å². The first kappa shape index (κ1) is 12.2. The summed E-state index contributed by atoms with van der Waals surface area (Å²) in [6, 6.07) is 7.49. The van der Waals surface area contributed by atoms with Crippen molar-refractivity contribution in [1.82, 2.24) is 0 Å². The Morgan fingerprint density at radius 3 is 2.29 bits per heavy atom. The SMILES string of the molecule is O=C=NC1(c2ccc(P=O)cc2)CCCCC1. The molecule has 1 aliphatic carbocycles. The van der Waals surface area contributed by atoms with Crippen molar-refractivity contribution in [2.24, 2.45) is 4.99 Å². The van der Waals surface area contributed by atoms with Crippen LogP contribution in [0.3, 0.4) is 0 Å². The Labute approximate surface area is 102 Å². The van der Waals surface area contributed by atoms with E-state index >= 15 is 0 Å². The molecule has 0 saturated heterocycles. The Bertz CT molecular complexity index is 443. The molecule has 0 atom stereocenters. The van der Waals surface area contributed by atoms with Crippen molar-refractivity contribution < 1.29 is 9.36 Å². The summed E-state index contributed by atoms with van der Waals surface area (Å²) in [5, 5.41) is 0.745. The maximum Gasteiger partial charge on any atom is 0.235 e. The van der Waals surface area contributed by atoms with Crippen LogP contribution in [0.4, 0.5) is 0 Å². The van der Waals surface area contributed by atoms with Crippen LogP contribution in [0.15, 0.2) is 29.3 Å². The molecule has 1 aromatic rings. The summed E-state index contributed by atoms with van der Waals surface area (Å²) in [5.74, 6) is 0. The summed E-state index contributed by atoms with van der Waals surface area (Å²) in [6.07, 6.45) is 6.90. The predicted molar refractivity (Wildman–Crippen MR) is 66.6 cm³/mol. The molecule has 4 heteroatoms. The van der Waals surface area contributed by atoms with Crippen LogP contribution in [-0.2, 0) is 14.9 Å². The van der Waals surface area contributed by atoms with Gasteiger partial charge in [-0.25, -0.2) is 4.79 Å². The smallest absolute Gasteiger partial charge is 0.235 e. The summed E-state index contributed by atoms with van der Waals surface area (Å²) in [5.41, 5.74) is 0.645. The molecule has 17 heavy (non-hydrogen) atoms. The van der Waals surface area contributed by atoms with Gasteiger partial charge in [0.25, 0.3) is 0 Å². The van der Waals surface area contributed by atoms with Crippen LogP contribution in [0.5, 0.6) is 0 Å². The van der Waals surface area contributed by atoms with Crippen LogP contribution in [0.25, 0.3) is 0 Å². The van der Waals surface area contributed by atoms with Crippen molar-refractivity contribution in [2.75, 3.05) is 0 Å². The number of hydrogen-bond acceptors (Lipinski definition) is 3. The molecule has 0 aromatic heterocycles. The fourth-order valence-electron chi connectivity index (χ4n) is 2.52. The summed E-state index contributed by atoms with van der Waals surface area (Å²) >= 11 is 0. The Balaban J connectivity index is 2.37. The fraction of sp³-hybridized carbons (Fsp3) is 0.462. The van der Waals surface area contributed by atoms with E-state index in [9.17, 15) is 9.36 Å². The van der Waals surface area contributed by atoms with Crippen LogP contribution in [-0.4, -0.2) is 6.08 Å². The quantitative estimate of drug-likeness (QED) is 0.468. The highest BCUT2D eigenvalue weighted by molar-refractivity contribution is 7.34. The average Bonchev–Trinajstić information content (AvgIpc) is 2.40. The number of isocyanates is 1. The van der Waals surface area contributed by atoms with Crippen molar-refractivity contribution in [2.45, 2.75) is 37.6 Å². The summed E-state index contributed by atoms with van der Waals surface area (Å²) in [7, 11) is 0.0234. The van der Waals surface area contributed by atoms with Gasteiger partial charge in [-0.2, -0.15) is 4.99 Å². The molecule has 0 spiro atoms. The molecule has 88 valence electrons. The van der Waals surface area contributed by atoms with Gasteiger partial charge in [-0.3, -0.25) is 4.57 Å². The van der Waals surface area contributed by atoms with Gasteiger partial charge >= 0.3 is 0 Å². The molecule has 2 rings (SSSR count). The number of hydrogen-bond donors (Lipinski definition) is 0. The minimum absolute atomic E-state index is 0.0234. The standard InChI is InChI=1S/C13H14NO2P/c15-10-14-13(8-2-1-3-9-13)11-4-6-12(17-16)7-5-11/h4-7H,1-3,8-9H2. The summed E-state index contributed by atoms with van der Waals surface area (Å²) in [6.45, 7) is 0. The molecule has 0 amide bonds. The lowest BCUT2D eigenvalue weighted by molar-refractivity contribution is 0.304. The van der Waals surface area contributed by atoms with Crippen molar-refractivity contribution in [3.63, 3.8) is 0 Å². The lowest BCUT2D eigenvalue weighted by Crippen LogP contribution is -2.26. The second kappa shape index (κ2) is 5.35. The molecule has 1 saturated carbocycles. The van der Waals surface area contributed by atoms with Gasteiger partial charge in [0.05, 0.1) is 5.54 Å². The van der Waals surface area contributed by atoms with E-state index in [2.05, 4.69) is 4.99 Å². The Morgan fingerprint density at radius 2 is 1.76 bits per heavy atom. The van der Waals surface area contributed by atoms with E-state index in [1.807, 2.05) is 24.3 Å². The monoisotopic (exact) mass is 247 g/mol. The first-order chi connectivity index (χ1) is 8.30. The molecular weight excluding hydrogens is 233 g/mol. The number of nitrogens with zero attached hydrogens (tertiary/aromatic N) is 1. The molecule has 0 aliphatic heterocycles. The van der Waals surface area contributed by atoms with Crippen molar-refractivity contribution in [3.8, 4) is 0 Å². The summed E-state index contributed by atoms with van der Waals surface area (Å²) in [4.78, 5) is 14.7. The lowest BCUT2D eigenvalue weighted by Gasteiger charge is -2.32. The van der Waals surface area contributed by atoms with Crippen LogP contribution in [0.2, 0.25) is 0 Å². The van der Waals surface area contributed by atoms with E-state index in [4.69, 9.17) is 0 Å². The van der Waals surface area contributed by atoms with E-state index < -0.39 is 5.54 Å². The van der Waals surface area contributed by atoms with Crippen LogP contribution in [0, 0.1) is 0 Å². The number of carbonyl (C=O) groups excluding carboxylic acids is 1. The molecule has 0 heterocycles. The van der Waals surface area contributed by atoms with Gasteiger partial charge in [0.2, 0.25) is 6.08 Å². The van der Waals surface area contributed by atoms with Gasteiger partial charge in [0, 0.05) is 5.30 Å². The molecular formula is C13H14NO2P. The van der Waals surface area contributed by atoms with Gasteiger partial charge in [0.15, 0.2) is 8.46 Å². The highest BCUT2D eigenvalue weighted by atomic mass is 31.1. The third-order valence-electron chi connectivity index (χ3n) is 3.45. The third-order valence-corrected chi connectivity index (χ3v) is 3.96. The minimum Gasteiger partial charge on any atom is -0.269 e. The van der Waals surface area contributed by atoms with E-state index in [0.717, 1.165) is 36.6 Å². The maximum atomic E-state index is 10.7. The zero-order valence-electron chi connectivity index (χ0n) is 9.56. The topological polar surface area (TPSA) is 46.5 Å². The minimum atomic E-state index is -0.391. The zero-order valence-corrected chi connectivity index (χ0v) is 10.5. The van der Waals surface area contributed by atoms with Crippen molar-refractivity contribution in [3.05, 3.63) is 29.8 Å². The zero-order chi connectivity index (χ0) is 12.1. The number of rotatable bonds is 3. The lowest BCUT2D eigenvalue weighted by atomic mass is 9.77. The molecule has 0 unspecified atom stereocenters. The fourth-order valence-corrected chi connectivity index (χ4v) is 2.79. The molecule has 0 N–H and O–H groups in total.